The highest BCUT2D eigenvalue weighted by molar-refractivity contribution is 5.90. The first-order valence-corrected chi connectivity index (χ1v) is 9.66. The first kappa shape index (κ1) is 23.0. The number of carbonyl (C=O) groups is 2. The van der Waals surface area contributed by atoms with Crippen LogP contribution >= 0.6 is 0 Å². The Labute approximate surface area is 176 Å². The molecule has 0 radical (unpaired) electrons. The zero-order valence-corrected chi connectivity index (χ0v) is 17.7. The molecule has 2 rings (SSSR count). The van der Waals surface area contributed by atoms with Crippen molar-refractivity contribution < 1.29 is 28.5 Å². The lowest BCUT2D eigenvalue weighted by atomic mass is 10.2. The minimum Gasteiger partial charge on any atom is -0.497 e. The molecule has 0 fully saturated rings. The van der Waals surface area contributed by atoms with Crippen LogP contribution < -0.4 is 19.7 Å². The van der Waals surface area contributed by atoms with E-state index in [0.29, 0.717) is 36.7 Å². The highest BCUT2D eigenvalue weighted by atomic mass is 16.6. The van der Waals surface area contributed by atoms with Crippen molar-refractivity contribution in [2.24, 2.45) is 0 Å². The van der Waals surface area contributed by atoms with E-state index >= 15 is 0 Å². The van der Waals surface area contributed by atoms with Gasteiger partial charge in [0.05, 0.1) is 20.3 Å². The van der Waals surface area contributed by atoms with Crippen LogP contribution in [0.25, 0.3) is 0 Å². The Morgan fingerprint density at radius 3 is 2.43 bits per heavy atom. The maximum Gasteiger partial charge on any atom is 0.419 e. The molecule has 0 aliphatic heterocycles. The fraction of sp³-hybridized carbons (Fsp3) is 0.364. The number of hydrogen-bond acceptors (Lipinski definition) is 6. The summed E-state index contributed by atoms with van der Waals surface area (Å²) in [6.07, 6.45) is -0.609. The number of nitrogens with one attached hydrogen (secondary N) is 1. The van der Waals surface area contributed by atoms with E-state index in [1.807, 2.05) is 13.8 Å². The van der Waals surface area contributed by atoms with Gasteiger partial charge in [0.2, 0.25) is 0 Å². The first-order chi connectivity index (χ1) is 14.5. The van der Waals surface area contributed by atoms with Crippen LogP contribution in [0, 0.1) is 0 Å². The van der Waals surface area contributed by atoms with Gasteiger partial charge in [-0.25, -0.2) is 9.59 Å². The number of benzene rings is 2. The monoisotopic (exact) mass is 416 g/mol. The van der Waals surface area contributed by atoms with Crippen molar-refractivity contribution in [1.82, 2.24) is 0 Å². The number of ether oxygens (including phenoxy) is 4. The Hall–Kier alpha value is -3.26. The van der Waals surface area contributed by atoms with Crippen molar-refractivity contribution in [1.29, 1.82) is 0 Å². The highest BCUT2D eigenvalue weighted by Gasteiger charge is 2.18. The van der Waals surface area contributed by atoms with Gasteiger partial charge in [-0.15, -0.1) is 0 Å². The van der Waals surface area contributed by atoms with E-state index < -0.39 is 12.2 Å². The summed E-state index contributed by atoms with van der Waals surface area (Å²) < 4.78 is 21.0. The number of nitrogens with zero attached hydrogens (tertiary/aromatic N) is 1. The van der Waals surface area contributed by atoms with E-state index in [1.165, 1.54) is 4.90 Å². The Bertz CT molecular complexity index is 825. The fourth-order valence-electron chi connectivity index (χ4n) is 2.48. The average molecular weight is 416 g/mol. The molecular weight excluding hydrogens is 388 g/mol. The maximum absolute atomic E-state index is 12.8. The second-order valence-corrected chi connectivity index (χ2v) is 6.49. The van der Waals surface area contributed by atoms with Crippen LogP contribution in [-0.2, 0) is 9.47 Å². The molecule has 0 heterocycles. The van der Waals surface area contributed by atoms with Crippen molar-refractivity contribution >= 4 is 23.6 Å². The van der Waals surface area contributed by atoms with Crippen LogP contribution in [0.3, 0.4) is 0 Å². The second-order valence-electron chi connectivity index (χ2n) is 6.49. The minimum absolute atomic E-state index is 0.190. The largest absolute Gasteiger partial charge is 0.497 e. The van der Waals surface area contributed by atoms with Crippen LogP contribution in [0.1, 0.15) is 20.3 Å². The van der Waals surface area contributed by atoms with Crippen molar-refractivity contribution in [3.63, 3.8) is 0 Å². The lowest BCUT2D eigenvalue weighted by Crippen LogP contribution is -2.36. The molecular formula is C22H28N2O6. The number of carbonyl (C=O) groups excluding carboxylic acids is 2. The third kappa shape index (κ3) is 6.97. The van der Waals surface area contributed by atoms with Gasteiger partial charge >= 0.3 is 12.2 Å². The van der Waals surface area contributed by atoms with Crippen molar-refractivity contribution in [2.75, 3.05) is 37.6 Å². The molecule has 0 aromatic heterocycles. The van der Waals surface area contributed by atoms with Gasteiger partial charge in [-0.2, -0.15) is 0 Å². The SMILES string of the molecule is CCC(C)OC(=O)Nc1cccc(OC(=O)N(CCOC)c2ccc(OC)cc2)c1. The Morgan fingerprint density at radius 1 is 1.07 bits per heavy atom. The van der Waals surface area contributed by atoms with Gasteiger partial charge < -0.3 is 18.9 Å². The zero-order valence-electron chi connectivity index (χ0n) is 17.7. The molecule has 2 aromatic rings. The summed E-state index contributed by atoms with van der Waals surface area (Å²) in [5.41, 5.74) is 1.10. The summed E-state index contributed by atoms with van der Waals surface area (Å²) in [5.74, 6) is 0.971. The molecule has 0 aliphatic rings. The van der Waals surface area contributed by atoms with Crippen LogP contribution in [0.4, 0.5) is 21.0 Å². The van der Waals surface area contributed by atoms with Gasteiger partial charge in [-0.3, -0.25) is 10.2 Å². The summed E-state index contributed by atoms with van der Waals surface area (Å²) in [6, 6.07) is 13.6. The van der Waals surface area contributed by atoms with E-state index in [9.17, 15) is 9.59 Å². The topological polar surface area (TPSA) is 86.3 Å². The first-order valence-electron chi connectivity index (χ1n) is 9.66. The highest BCUT2D eigenvalue weighted by Crippen LogP contribution is 2.23. The Kier molecular flexibility index (Phi) is 8.96. The standard InChI is InChI=1S/C22H28N2O6/c1-5-16(2)29-21(25)23-17-7-6-8-20(15-17)30-22(26)24(13-14-27-3)18-9-11-19(28-4)12-10-18/h6-12,15-16H,5,13-14H2,1-4H3,(H,23,25). The summed E-state index contributed by atoms with van der Waals surface area (Å²) >= 11 is 0. The average Bonchev–Trinajstić information content (AvgIpc) is 2.74. The quantitative estimate of drug-likeness (QED) is 0.638. The van der Waals surface area contributed by atoms with E-state index in [-0.39, 0.29) is 11.9 Å². The van der Waals surface area contributed by atoms with Gasteiger partial charge in [-0.1, -0.05) is 13.0 Å². The van der Waals surface area contributed by atoms with Crippen LogP contribution in [0.5, 0.6) is 11.5 Å². The lowest BCUT2D eigenvalue weighted by Gasteiger charge is -2.22. The van der Waals surface area contributed by atoms with E-state index in [2.05, 4.69) is 5.32 Å². The third-order valence-corrected chi connectivity index (χ3v) is 4.29. The molecule has 8 heteroatoms. The zero-order chi connectivity index (χ0) is 21.9. The maximum atomic E-state index is 12.8. The Balaban J connectivity index is 2.09. The van der Waals surface area contributed by atoms with E-state index in [0.717, 1.165) is 0 Å². The molecule has 0 aliphatic carbocycles. The van der Waals surface area contributed by atoms with Crippen molar-refractivity contribution in [3.8, 4) is 11.5 Å². The van der Waals surface area contributed by atoms with Gasteiger partial charge in [0.25, 0.3) is 0 Å². The summed E-state index contributed by atoms with van der Waals surface area (Å²) in [5, 5.41) is 2.63. The lowest BCUT2D eigenvalue weighted by molar-refractivity contribution is 0.118. The van der Waals surface area contributed by atoms with E-state index in [1.54, 1.807) is 62.8 Å². The van der Waals surface area contributed by atoms with Crippen molar-refractivity contribution in [3.05, 3.63) is 48.5 Å². The van der Waals surface area contributed by atoms with Crippen LogP contribution in [0.15, 0.2) is 48.5 Å². The smallest absolute Gasteiger partial charge is 0.419 e. The molecule has 1 unspecified atom stereocenters. The van der Waals surface area contributed by atoms with E-state index in [4.69, 9.17) is 18.9 Å². The van der Waals surface area contributed by atoms with Gasteiger partial charge in [0, 0.05) is 24.6 Å². The molecule has 0 saturated heterocycles. The summed E-state index contributed by atoms with van der Waals surface area (Å²) in [6.45, 7) is 4.38. The van der Waals surface area contributed by atoms with Crippen molar-refractivity contribution in [2.45, 2.75) is 26.4 Å². The molecule has 0 saturated carbocycles. The number of hydrogen-bond donors (Lipinski definition) is 1. The molecule has 1 N–H and O–H groups in total. The predicted octanol–water partition coefficient (Wildman–Crippen LogP) is 4.69. The number of amides is 2. The Morgan fingerprint density at radius 2 is 1.80 bits per heavy atom. The predicted molar refractivity (Wildman–Crippen MR) is 115 cm³/mol. The molecule has 0 spiro atoms. The molecule has 2 amide bonds. The summed E-state index contributed by atoms with van der Waals surface area (Å²) in [4.78, 5) is 26.2. The van der Waals surface area contributed by atoms with Crippen LogP contribution in [0.2, 0.25) is 0 Å². The molecule has 30 heavy (non-hydrogen) atoms. The number of rotatable bonds is 9. The molecule has 1 atom stereocenters. The molecule has 2 aromatic carbocycles. The summed E-state index contributed by atoms with van der Waals surface area (Å²) in [7, 11) is 3.14. The van der Waals surface area contributed by atoms with Gasteiger partial charge in [0.15, 0.2) is 0 Å². The molecule has 0 bridgehead atoms. The van der Waals surface area contributed by atoms with Gasteiger partial charge in [0.1, 0.15) is 17.6 Å². The van der Waals surface area contributed by atoms with Crippen LogP contribution in [-0.4, -0.2) is 45.7 Å². The normalized spacial score (nSPS) is 11.3. The second kappa shape index (κ2) is 11.7. The number of anilines is 2. The molecule has 8 nitrogen and oxygen atoms in total. The number of methoxy groups -OCH3 is 2. The third-order valence-electron chi connectivity index (χ3n) is 4.29. The fourth-order valence-corrected chi connectivity index (χ4v) is 2.48. The minimum atomic E-state index is -0.573. The van der Waals surface area contributed by atoms with Gasteiger partial charge in [-0.05, 0) is 49.7 Å². The molecule has 162 valence electrons.